The zero-order valence-corrected chi connectivity index (χ0v) is 11.7. The summed E-state index contributed by atoms with van der Waals surface area (Å²) in [5.74, 6) is -1.69. The molecule has 0 unspecified atom stereocenters. The second-order valence-electron chi connectivity index (χ2n) is 5.08. The van der Waals surface area contributed by atoms with Crippen molar-refractivity contribution in [2.75, 3.05) is 0 Å². The van der Waals surface area contributed by atoms with Crippen LogP contribution in [0, 0.1) is 10.1 Å². The fraction of sp³-hybridized carbons (Fsp3) is 0.385. The van der Waals surface area contributed by atoms with Crippen molar-refractivity contribution >= 4 is 29.2 Å². The van der Waals surface area contributed by atoms with Crippen LogP contribution in [0.5, 0.6) is 0 Å². The SMILES string of the molecule is O=C(O)CC1(NC(=O)c2cc(Cl)ccc2[N+](=O)[O-])CCC1. The summed E-state index contributed by atoms with van der Waals surface area (Å²) in [6, 6.07) is 3.69. The molecule has 1 aliphatic rings. The van der Waals surface area contributed by atoms with E-state index >= 15 is 0 Å². The van der Waals surface area contributed by atoms with Gasteiger partial charge in [0.05, 0.1) is 16.9 Å². The molecule has 1 amide bonds. The molecule has 1 fully saturated rings. The summed E-state index contributed by atoms with van der Waals surface area (Å²) in [7, 11) is 0. The number of hydrogen-bond donors (Lipinski definition) is 2. The number of nitro groups is 1. The van der Waals surface area contributed by atoms with Gasteiger partial charge in [-0.25, -0.2) is 0 Å². The molecule has 2 rings (SSSR count). The van der Waals surface area contributed by atoms with E-state index in [0.717, 1.165) is 12.5 Å². The van der Waals surface area contributed by atoms with Crippen molar-refractivity contribution in [1.82, 2.24) is 5.32 Å². The second kappa shape index (κ2) is 5.69. The Morgan fingerprint density at radius 2 is 2.10 bits per heavy atom. The van der Waals surface area contributed by atoms with Crippen molar-refractivity contribution in [3.8, 4) is 0 Å². The molecule has 1 aromatic rings. The van der Waals surface area contributed by atoms with Gasteiger partial charge in [0.15, 0.2) is 0 Å². The number of amides is 1. The Balaban J connectivity index is 2.26. The summed E-state index contributed by atoms with van der Waals surface area (Å²) in [5.41, 5.74) is -1.34. The Morgan fingerprint density at radius 3 is 2.57 bits per heavy atom. The summed E-state index contributed by atoms with van der Waals surface area (Å²) in [5, 5.41) is 22.7. The summed E-state index contributed by atoms with van der Waals surface area (Å²) >= 11 is 5.77. The predicted molar refractivity (Wildman–Crippen MR) is 74.4 cm³/mol. The van der Waals surface area contributed by atoms with E-state index in [1.54, 1.807) is 0 Å². The number of hydrogen-bond acceptors (Lipinski definition) is 4. The predicted octanol–water partition coefficient (Wildman–Crippen LogP) is 2.38. The summed E-state index contributed by atoms with van der Waals surface area (Å²) in [6.45, 7) is 0. The normalized spacial score (nSPS) is 15.9. The maximum absolute atomic E-state index is 12.2. The molecule has 1 aromatic carbocycles. The summed E-state index contributed by atoms with van der Waals surface area (Å²) in [4.78, 5) is 33.4. The molecular formula is C13H13ClN2O5. The minimum absolute atomic E-state index is 0.163. The van der Waals surface area contributed by atoms with Crippen LogP contribution >= 0.6 is 11.6 Å². The number of rotatable bonds is 5. The average molecular weight is 313 g/mol. The topological polar surface area (TPSA) is 110 Å². The Morgan fingerprint density at radius 1 is 1.43 bits per heavy atom. The quantitative estimate of drug-likeness (QED) is 0.640. The molecule has 8 heteroatoms. The number of halogens is 1. The molecule has 7 nitrogen and oxygen atoms in total. The maximum Gasteiger partial charge on any atom is 0.305 e. The lowest BCUT2D eigenvalue weighted by atomic mass is 9.74. The Labute approximate surface area is 125 Å². The molecule has 0 radical (unpaired) electrons. The van der Waals surface area contributed by atoms with Crippen molar-refractivity contribution in [2.45, 2.75) is 31.2 Å². The maximum atomic E-state index is 12.2. The van der Waals surface area contributed by atoms with Crippen molar-refractivity contribution in [2.24, 2.45) is 0 Å². The van der Waals surface area contributed by atoms with Gasteiger partial charge >= 0.3 is 5.97 Å². The Kier molecular flexibility index (Phi) is 4.13. The largest absolute Gasteiger partial charge is 0.481 e. The van der Waals surface area contributed by atoms with E-state index in [1.165, 1.54) is 12.1 Å². The molecule has 112 valence electrons. The molecule has 0 saturated heterocycles. The molecule has 0 bridgehead atoms. The lowest BCUT2D eigenvalue weighted by Gasteiger charge is -2.41. The van der Waals surface area contributed by atoms with Gasteiger partial charge in [0.1, 0.15) is 5.56 Å². The van der Waals surface area contributed by atoms with Gasteiger partial charge in [0, 0.05) is 11.1 Å². The summed E-state index contributed by atoms with van der Waals surface area (Å²) < 4.78 is 0. The van der Waals surface area contributed by atoms with E-state index < -0.39 is 22.3 Å². The number of benzene rings is 1. The van der Waals surface area contributed by atoms with Gasteiger partial charge in [-0.05, 0) is 31.4 Å². The molecule has 0 aliphatic heterocycles. The first kappa shape index (κ1) is 15.2. The molecule has 1 saturated carbocycles. The Bertz CT molecular complexity index is 613. The van der Waals surface area contributed by atoms with E-state index in [1.807, 2.05) is 0 Å². The van der Waals surface area contributed by atoms with Gasteiger partial charge in [-0.1, -0.05) is 11.6 Å². The number of carboxylic acid groups (broad SMARTS) is 1. The van der Waals surface area contributed by atoms with Crippen molar-refractivity contribution in [3.05, 3.63) is 38.9 Å². The van der Waals surface area contributed by atoms with Crippen LogP contribution in [0.4, 0.5) is 5.69 Å². The fourth-order valence-corrected chi connectivity index (χ4v) is 2.57. The van der Waals surface area contributed by atoms with Crippen LogP contribution in [0.15, 0.2) is 18.2 Å². The van der Waals surface area contributed by atoms with E-state index in [4.69, 9.17) is 16.7 Å². The molecule has 21 heavy (non-hydrogen) atoms. The van der Waals surface area contributed by atoms with Crippen LogP contribution in [-0.2, 0) is 4.79 Å². The zero-order chi connectivity index (χ0) is 15.6. The number of nitro benzene ring substituents is 1. The molecular weight excluding hydrogens is 300 g/mol. The van der Waals surface area contributed by atoms with E-state index in [-0.39, 0.29) is 22.7 Å². The average Bonchev–Trinajstić information content (AvgIpc) is 2.34. The molecule has 1 aliphatic carbocycles. The lowest BCUT2D eigenvalue weighted by Crippen LogP contribution is -2.54. The first-order valence-corrected chi connectivity index (χ1v) is 6.69. The van der Waals surface area contributed by atoms with Gasteiger partial charge in [0.25, 0.3) is 11.6 Å². The minimum atomic E-state index is -1.02. The number of carbonyl (C=O) groups excluding carboxylic acids is 1. The van der Waals surface area contributed by atoms with Crippen LogP contribution in [-0.4, -0.2) is 27.4 Å². The second-order valence-corrected chi connectivity index (χ2v) is 5.51. The van der Waals surface area contributed by atoms with Crippen LogP contribution in [0.25, 0.3) is 0 Å². The van der Waals surface area contributed by atoms with Crippen molar-refractivity contribution in [1.29, 1.82) is 0 Å². The number of nitrogens with one attached hydrogen (secondary N) is 1. The van der Waals surface area contributed by atoms with Crippen molar-refractivity contribution < 1.29 is 19.6 Å². The molecule has 2 N–H and O–H groups in total. The number of aliphatic carboxylic acids is 1. The first-order chi connectivity index (χ1) is 9.83. The van der Waals surface area contributed by atoms with Crippen LogP contribution in [0.3, 0.4) is 0 Å². The van der Waals surface area contributed by atoms with Gasteiger partial charge < -0.3 is 10.4 Å². The monoisotopic (exact) mass is 312 g/mol. The molecule has 0 spiro atoms. The Hall–Kier alpha value is -2.15. The zero-order valence-electron chi connectivity index (χ0n) is 11.0. The number of carbonyl (C=O) groups is 2. The van der Waals surface area contributed by atoms with Gasteiger partial charge in [-0.3, -0.25) is 19.7 Å². The highest BCUT2D eigenvalue weighted by atomic mass is 35.5. The molecule has 0 aromatic heterocycles. The highest BCUT2D eigenvalue weighted by molar-refractivity contribution is 6.31. The standard InChI is InChI=1S/C13H13ClN2O5/c14-8-2-3-10(16(20)21)9(6-8)12(19)15-13(4-1-5-13)7-11(17)18/h2-3,6H,1,4-5,7H2,(H,15,19)(H,17,18). The van der Waals surface area contributed by atoms with Crippen molar-refractivity contribution in [3.63, 3.8) is 0 Å². The van der Waals surface area contributed by atoms with E-state index in [0.29, 0.717) is 12.8 Å². The third-order valence-corrected chi connectivity index (χ3v) is 3.81. The molecule has 0 heterocycles. The van der Waals surface area contributed by atoms with Gasteiger partial charge in [-0.2, -0.15) is 0 Å². The van der Waals surface area contributed by atoms with E-state index in [9.17, 15) is 19.7 Å². The third kappa shape index (κ3) is 3.30. The highest BCUT2D eigenvalue weighted by Crippen LogP contribution is 2.35. The molecule has 0 atom stereocenters. The summed E-state index contributed by atoms with van der Waals surface area (Å²) in [6.07, 6.45) is 1.69. The smallest absolute Gasteiger partial charge is 0.305 e. The number of nitrogens with zero attached hydrogens (tertiary/aromatic N) is 1. The van der Waals surface area contributed by atoms with Crippen LogP contribution in [0.2, 0.25) is 5.02 Å². The number of carboxylic acids is 1. The van der Waals surface area contributed by atoms with Gasteiger partial charge in [0.2, 0.25) is 0 Å². The third-order valence-electron chi connectivity index (χ3n) is 3.58. The highest BCUT2D eigenvalue weighted by Gasteiger charge is 2.41. The van der Waals surface area contributed by atoms with Crippen LogP contribution in [0.1, 0.15) is 36.0 Å². The first-order valence-electron chi connectivity index (χ1n) is 6.31. The van der Waals surface area contributed by atoms with Crippen LogP contribution < -0.4 is 5.32 Å². The van der Waals surface area contributed by atoms with E-state index in [2.05, 4.69) is 5.32 Å². The fourth-order valence-electron chi connectivity index (χ4n) is 2.40. The van der Waals surface area contributed by atoms with Gasteiger partial charge in [-0.15, -0.1) is 0 Å². The lowest BCUT2D eigenvalue weighted by molar-refractivity contribution is -0.385. The minimum Gasteiger partial charge on any atom is -0.481 e.